The number of anilines is 8. The molecule has 1 unspecified atom stereocenters. The number of ether oxygens (including phenoxy) is 4. The topological polar surface area (TPSA) is 104 Å². The van der Waals surface area contributed by atoms with Gasteiger partial charge in [-0.15, -0.1) is 0 Å². The van der Waals surface area contributed by atoms with Gasteiger partial charge >= 0.3 is 29.6 Å². The first-order valence-corrected chi connectivity index (χ1v) is 26.0. The van der Waals surface area contributed by atoms with E-state index in [1.165, 1.54) is 0 Å². The summed E-state index contributed by atoms with van der Waals surface area (Å²) in [6, 6.07) is 70.3. The monoisotopic (exact) mass is 1030 g/mol. The molecule has 9 aromatic rings. The van der Waals surface area contributed by atoms with E-state index in [2.05, 4.69) is 87.5 Å². The minimum absolute atomic E-state index is 0. The first-order chi connectivity index (χ1) is 35.6. The van der Waals surface area contributed by atoms with E-state index in [9.17, 15) is 13.0 Å². The minimum atomic E-state index is -4.71. The van der Waals surface area contributed by atoms with Gasteiger partial charge in [-0.25, -0.2) is 8.42 Å². The first kappa shape index (κ1) is 51.7. The summed E-state index contributed by atoms with van der Waals surface area (Å²) in [5, 5.41) is -1.24. The Hall–Kier alpha value is -7.16. The van der Waals surface area contributed by atoms with E-state index in [1.54, 1.807) is 64.5 Å². The molecule has 0 aromatic heterocycles. The molecule has 1 heterocycles. The number of hydrogen-bond donors (Lipinski definition) is 0. The molecule has 0 radical (unpaired) electrons. The van der Waals surface area contributed by atoms with Crippen molar-refractivity contribution in [3.63, 3.8) is 0 Å². The number of methoxy groups -OCH3 is 4. The van der Waals surface area contributed by atoms with Crippen LogP contribution in [0.3, 0.4) is 0 Å². The number of fused-ring (bicyclic) bond motifs is 2. The Morgan fingerprint density at radius 2 is 0.770 bits per heavy atom. The van der Waals surface area contributed by atoms with Crippen molar-refractivity contribution >= 4 is 67.4 Å². The van der Waals surface area contributed by atoms with E-state index < -0.39 is 15.4 Å². The number of hydrogen-bond acceptors (Lipinski definition) is 11. The van der Waals surface area contributed by atoms with Crippen molar-refractivity contribution in [2.24, 2.45) is 0 Å². The van der Waals surface area contributed by atoms with Gasteiger partial charge in [0.05, 0.1) is 45.1 Å². The molecule has 0 saturated carbocycles. The second kappa shape index (κ2) is 22.9. The zero-order valence-corrected chi connectivity index (χ0v) is 45.3. The van der Waals surface area contributed by atoms with Gasteiger partial charge in [-0.1, -0.05) is 90.6 Å². The molecular formula is C61H52N3NaO7S2. The first-order valence-electron chi connectivity index (χ1n) is 23.7. The van der Waals surface area contributed by atoms with Crippen LogP contribution >= 0.6 is 11.8 Å². The Balaban J connectivity index is 0.00000672. The molecule has 1 aliphatic heterocycles. The number of benzene rings is 9. The molecule has 13 heteroatoms. The fraction of sp³-hybridized carbons (Fsp3) is 0.115. The second-order valence-electron chi connectivity index (χ2n) is 17.3. The summed E-state index contributed by atoms with van der Waals surface area (Å²) < 4.78 is 60.9. The van der Waals surface area contributed by atoms with Gasteiger partial charge in [0.2, 0.25) is 0 Å². The predicted molar refractivity (Wildman–Crippen MR) is 294 cm³/mol. The maximum atomic E-state index is 13.0. The van der Waals surface area contributed by atoms with Crippen LogP contribution in [0.15, 0.2) is 222 Å². The second-order valence-corrected chi connectivity index (χ2v) is 19.9. The molecule has 1 atom stereocenters. The standard InChI is InChI=1S/C61H53N3O7S2.Na/c1-68-51-32-24-47(25-33-51)63(48-26-34-52(69-2)35-27-48)45-20-16-42(17-21-45)55-12-8-14-57-60(55)72-61-56(13-9-15-58(61)62(57)41-40-59(73(65,66)67)44-10-6-5-7-11-44)43-18-22-46(23-19-43)64(49-28-36-53(70-3)37-29-49)50-30-38-54(71-4)39-31-50;/h5-39,59H,40-41H2,1-4H3,(H,65,66,67);/q;+1/p-1. The van der Waals surface area contributed by atoms with Gasteiger partial charge in [-0.3, -0.25) is 0 Å². The maximum Gasteiger partial charge on any atom is 1.00 e. The third-order valence-corrected chi connectivity index (χ3v) is 15.6. The van der Waals surface area contributed by atoms with Gasteiger partial charge in [0.1, 0.15) is 33.1 Å². The zero-order chi connectivity index (χ0) is 50.5. The van der Waals surface area contributed by atoms with E-state index in [1.807, 2.05) is 115 Å². The zero-order valence-electron chi connectivity index (χ0n) is 41.7. The maximum absolute atomic E-state index is 13.0. The van der Waals surface area contributed by atoms with Crippen molar-refractivity contribution in [2.45, 2.75) is 21.5 Å². The van der Waals surface area contributed by atoms with E-state index in [-0.39, 0.29) is 42.5 Å². The van der Waals surface area contributed by atoms with Crippen LogP contribution in [0.1, 0.15) is 17.2 Å². The molecule has 0 fully saturated rings. The van der Waals surface area contributed by atoms with Crippen LogP contribution < -0.4 is 63.2 Å². The normalized spacial score (nSPS) is 12.1. The van der Waals surface area contributed by atoms with Crippen LogP contribution in [0, 0.1) is 0 Å². The fourth-order valence-corrected chi connectivity index (χ4v) is 11.7. The summed E-state index contributed by atoms with van der Waals surface area (Å²) in [7, 11) is 1.93. The van der Waals surface area contributed by atoms with E-state index in [0.29, 0.717) is 5.56 Å². The SMILES string of the molecule is COc1ccc(N(c2ccc(OC)cc2)c2ccc(-c3cccc4c3Sc3c(-c5ccc(N(c6ccc(OC)cc6)c6ccc(OC)cc6)cc5)cccc3N4CCC(c3ccccc3)S(=O)(=O)[O-])cc2)cc1.[Na+]. The smallest absolute Gasteiger partial charge is 0.747 e. The molecule has 0 spiro atoms. The minimum Gasteiger partial charge on any atom is -0.747 e. The summed E-state index contributed by atoms with van der Waals surface area (Å²) in [5.41, 5.74) is 12.1. The summed E-state index contributed by atoms with van der Waals surface area (Å²) in [6.07, 6.45) is 0.0797. The van der Waals surface area contributed by atoms with Crippen molar-refractivity contribution in [3.8, 4) is 45.3 Å². The van der Waals surface area contributed by atoms with Gasteiger partial charge in [0.15, 0.2) is 0 Å². The van der Waals surface area contributed by atoms with Crippen LogP contribution in [0.4, 0.5) is 45.5 Å². The van der Waals surface area contributed by atoms with Crippen molar-refractivity contribution in [2.75, 3.05) is 49.7 Å². The summed E-state index contributed by atoms with van der Waals surface area (Å²) in [5.74, 6) is 3.06. The van der Waals surface area contributed by atoms with E-state index in [0.717, 1.165) is 101 Å². The van der Waals surface area contributed by atoms with E-state index in [4.69, 9.17) is 18.9 Å². The van der Waals surface area contributed by atoms with Gasteiger partial charge in [0.25, 0.3) is 0 Å². The Morgan fingerprint density at radius 3 is 1.08 bits per heavy atom. The molecular weight excluding hydrogens is 974 g/mol. The molecule has 10 nitrogen and oxygen atoms in total. The average molecular weight is 1030 g/mol. The van der Waals surface area contributed by atoms with Crippen molar-refractivity contribution in [1.29, 1.82) is 0 Å². The third kappa shape index (κ3) is 10.9. The van der Waals surface area contributed by atoms with Crippen molar-refractivity contribution in [1.82, 2.24) is 0 Å². The molecule has 0 N–H and O–H groups in total. The van der Waals surface area contributed by atoms with Crippen molar-refractivity contribution in [3.05, 3.63) is 218 Å². The van der Waals surface area contributed by atoms with Gasteiger partial charge < -0.3 is 38.2 Å². The summed E-state index contributed by atoms with van der Waals surface area (Å²) in [6.45, 7) is 0.268. The third-order valence-electron chi connectivity index (χ3n) is 13.1. The largest absolute Gasteiger partial charge is 1.00 e. The van der Waals surface area contributed by atoms with Crippen LogP contribution in [0.2, 0.25) is 0 Å². The molecule has 0 aliphatic carbocycles. The van der Waals surface area contributed by atoms with Crippen LogP contribution in [-0.4, -0.2) is 48.0 Å². The Morgan fingerprint density at radius 1 is 0.446 bits per heavy atom. The Labute approximate surface area is 459 Å². The van der Waals surface area contributed by atoms with Crippen LogP contribution in [0.5, 0.6) is 23.0 Å². The van der Waals surface area contributed by atoms with Gasteiger partial charge in [-0.05, 0) is 168 Å². The molecule has 1 aliphatic rings. The molecule has 0 amide bonds. The molecule has 9 aromatic carbocycles. The molecule has 366 valence electrons. The summed E-state index contributed by atoms with van der Waals surface area (Å²) >= 11 is 1.70. The summed E-state index contributed by atoms with van der Waals surface area (Å²) in [4.78, 5) is 8.59. The van der Waals surface area contributed by atoms with Crippen LogP contribution in [-0.2, 0) is 10.1 Å². The Bertz CT molecular complexity index is 3150. The molecule has 0 bridgehead atoms. The van der Waals surface area contributed by atoms with Crippen LogP contribution in [0.25, 0.3) is 22.3 Å². The molecule has 0 saturated heterocycles. The number of nitrogens with zero attached hydrogens (tertiary/aromatic N) is 3. The van der Waals surface area contributed by atoms with Gasteiger partial charge in [0, 0.05) is 50.5 Å². The quantitative estimate of drug-likeness (QED) is 0.0643. The predicted octanol–water partition coefficient (Wildman–Crippen LogP) is 12.3. The van der Waals surface area contributed by atoms with E-state index >= 15 is 0 Å². The Kier molecular flexibility index (Phi) is 16.0. The number of rotatable bonds is 17. The molecule has 10 rings (SSSR count). The fourth-order valence-electron chi connectivity index (χ4n) is 9.41. The molecule has 74 heavy (non-hydrogen) atoms. The van der Waals surface area contributed by atoms with Crippen molar-refractivity contribution < 1.29 is 61.5 Å². The average Bonchev–Trinajstić information content (AvgIpc) is 3.44. The van der Waals surface area contributed by atoms with Gasteiger partial charge in [-0.2, -0.15) is 0 Å².